The predicted molar refractivity (Wildman–Crippen MR) is 112 cm³/mol. The van der Waals surface area contributed by atoms with E-state index in [1.54, 1.807) is 0 Å². The Hall–Kier alpha value is -1.55. The van der Waals surface area contributed by atoms with Crippen LogP contribution < -0.4 is 5.69 Å². The average Bonchev–Trinajstić information content (AvgIpc) is 3.09. The first kappa shape index (κ1) is 18.8. The highest BCUT2D eigenvalue weighted by molar-refractivity contribution is 5.75. The number of likely N-dealkylation sites (tertiary alicyclic amines) is 1. The van der Waals surface area contributed by atoms with E-state index in [0.29, 0.717) is 11.6 Å². The Morgan fingerprint density at radius 3 is 2.30 bits per heavy atom. The van der Waals surface area contributed by atoms with Crippen LogP contribution in [-0.4, -0.2) is 33.1 Å². The Bertz CT molecular complexity index is 787. The third kappa shape index (κ3) is 3.73. The number of H-pyrrole nitrogens is 1. The molecule has 2 heterocycles. The molecule has 2 fully saturated rings. The lowest BCUT2D eigenvalue weighted by molar-refractivity contribution is 0.0312. The monoisotopic (exact) mass is 369 g/mol. The molecule has 2 aromatic rings. The fourth-order valence-electron chi connectivity index (χ4n) is 5.67. The second kappa shape index (κ2) is 8.22. The number of hydrogen-bond donors (Lipinski definition) is 1. The molecule has 4 nitrogen and oxygen atoms in total. The first-order chi connectivity index (χ1) is 13.2. The summed E-state index contributed by atoms with van der Waals surface area (Å²) in [5.41, 5.74) is 2.49. The molecular weight excluding hydrogens is 334 g/mol. The summed E-state index contributed by atoms with van der Waals surface area (Å²) >= 11 is 0. The highest BCUT2D eigenvalue weighted by Gasteiger charge is 2.37. The average molecular weight is 370 g/mol. The third-order valence-corrected chi connectivity index (χ3v) is 7.32. The number of hydrogen-bond acceptors (Lipinski definition) is 2. The minimum absolute atomic E-state index is 0.0577. The maximum Gasteiger partial charge on any atom is 0.326 e. The molecule has 4 rings (SSSR count). The molecule has 0 atom stereocenters. The van der Waals surface area contributed by atoms with Gasteiger partial charge in [0.25, 0.3) is 0 Å². The molecule has 0 bridgehead atoms. The fourth-order valence-corrected chi connectivity index (χ4v) is 5.67. The molecule has 0 spiro atoms. The molecule has 4 heteroatoms. The molecule has 1 aliphatic heterocycles. The van der Waals surface area contributed by atoms with E-state index in [1.807, 2.05) is 22.8 Å². The van der Waals surface area contributed by atoms with Gasteiger partial charge >= 0.3 is 5.69 Å². The number of fused-ring (bicyclic) bond motifs is 1. The SMILES string of the molecule is CCC1(N2CCC(n3c(=O)[nH]c4ccccc43)CC2)CCCCCCCC1. The van der Waals surface area contributed by atoms with Crippen molar-refractivity contribution in [3.8, 4) is 0 Å². The summed E-state index contributed by atoms with van der Waals surface area (Å²) in [4.78, 5) is 18.4. The van der Waals surface area contributed by atoms with Crippen LogP contribution >= 0.6 is 0 Å². The van der Waals surface area contributed by atoms with Crippen molar-refractivity contribution in [1.82, 2.24) is 14.5 Å². The molecular formula is C23H35N3O. The van der Waals surface area contributed by atoms with Gasteiger partial charge in [-0.2, -0.15) is 0 Å². The summed E-state index contributed by atoms with van der Waals surface area (Å²) in [6, 6.07) is 8.44. The number of imidazole rings is 1. The summed E-state index contributed by atoms with van der Waals surface area (Å²) < 4.78 is 2.02. The zero-order valence-corrected chi connectivity index (χ0v) is 16.9. The lowest BCUT2D eigenvalue weighted by Gasteiger charge is -2.47. The van der Waals surface area contributed by atoms with E-state index >= 15 is 0 Å². The van der Waals surface area contributed by atoms with Crippen LogP contribution in [0.15, 0.2) is 29.1 Å². The van der Waals surface area contributed by atoms with Gasteiger partial charge in [0, 0.05) is 24.7 Å². The Labute approximate surface area is 163 Å². The molecule has 0 amide bonds. The summed E-state index contributed by atoms with van der Waals surface area (Å²) in [5.74, 6) is 0. The van der Waals surface area contributed by atoms with Crippen LogP contribution in [0.5, 0.6) is 0 Å². The topological polar surface area (TPSA) is 41.0 Å². The molecule has 27 heavy (non-hydrogen) atoms. The fraction of sp³-hybridized carbons (Fsp3) is 0.696. The minimum atomic E-state index is 0.0577. The van der Waals surface area contributed by atoms with Gasteiger partial charge in [-0.3, -0.25) is 9.47 Å². The maximum absolute atomic E-state index is 12.6. The van der Waals surface area contributed by atoms with Gasteiger partial charge in [0.2, 0.25) is 0 Å². The van der Waals surface area contributed by atoms with Gasteiger partial charge in [-0.25, -0.2) is 4.79 Å². The van der Waals surface area contributed by atoms with Crippen LogP contribution in [0.1, 0.15) is 83.6 Å². The standard InChI is InChI=1S/C23H35N3O/c1-2-23(15-9-5-3-4-6-10-16-23)25-17-13-19(14-18-25)26-21-12-8-7-11-20(21)24-22(26)27/h7-8,11-12,19H,2-6,9-10,13-18H2,1H3,(H,24,27). The second-order valence-corrected chi connectivity index (χ2v) is 8.73. The number of nitrogens with zero attached hydrogens (tertiary/aromatic N) is 2. The van der Waals surface area contributed by atoms with Gasteiger partial charge in [0.05, 0.1) is 11.0 Å². The molecule has 0 unspecified atom stereocenters. The largest absolute Gasteiger partial charge is 0.326 e. The van der Waals surface area contributed by atoms with Gasteiger partial charge < -0.3 is 4.98 Å². The van der Waals surface area contributed by atoms with E-state index in [4.69, 9.17) is 0 Å². The van der Waals surface area contributed by atoms with Crippen molar-refractivity contribution in [2.75, 3.05) is 13.1 Å². The van der Waals surface area contributed by atoms with Crippen molar-refractivity contribution in [3.63, 3.8) is 0 Å². The predicted octanol–water partition coefficient (Wildman–Crippen LogP) is 5.25. The van der Waals surface area contributed by atoms with E-state index in [1.165, 1.54) is 57.8 Å². The molecule has 0 radical (unpaired) electrons. The highest BCUT2D eigenvalue weighted by atomic mass is 16.1. The third-order valence-electron chi connectivity index (χ3n) is 7.32. The first-order valence-electron chi connectivity index (χ1n) is 11.2. The molecule has 2 aliphatic rings. The summed E-state index contributed by atoms with van der Waals surface area (Å²) in [5, 5.41) is 0. The summed E-state index contributed by atoms with van der Waals surface area (Å²) in [6.45, 7) is 4.66. The van der Waals surface area contributed by atoms with E-state index in [2.05, 4.69) is 22.9 Å². The number of aromatic nitrogens is 2. The van der Waals surface area contributed by atoms with Crippen molar-refractivity contribution in [2.24, 2.45) is 0 Å². The zero-order chi connectivity index (χ0) is 18.7. The molecule has 1 aliphatic carbocycles. The minimum Gasteiger partial charge on any atom is -0.306 e. The number of rotatable bonds is 3. The number of para-hydroxylation sites is 2. The van der Waals surface area contributed by atoms with Crippen LogP contribution in [0.3, 0.4) is 0 Å². The van der Waals surface area contributed by atoms with Crippen molar-refractivity contribution in [2.45, 2.75) is 89.1 Å². The molecule has 1 saturated carbocycles. The summed E-state index contributed by atoms with van der Waals surface area (Å²) in [7, 11) is 0. The van der Waals surface area contributed by atoms with Crippen LogP contribution in [-0.2, 0) is 0 Å². The van der Waals surface area contributed by atoms with Gasteiger partial charge in [-0.1, -0.05) is 57.6 Å². The van der Waals surface area contributed by atoms with Crippen LogP contribution in [0.25, 0.3) is 11.0 Å². The Balaban J connectivity index is 1.50. The Morgan fingerprint density at radius 2 is 1.63 bits per heavy atom. The molecule has 1 aromatic carbocycles. The number of piperidine rings is 1. The lowest BCUT2D eigenvalue weighted by Crippen LogP contribution is -2.52. The summed E-state index contributed by atoms with van der Waals surface area (Å²) in [6.07, 6.45) is 14.6. The highest BCUT2D eigenvalue weighted by Crippen LogP contribution is 2.37. The Morgan fingerprint density at radius 1 is 1.00 bits per heavy atom. The molecule has 1 saturated heterocycles. The van der Waals surface area contributed by atoms with E-state index in [-0.39, 0.29) is 5.69 Å². The number of nitrogens with one attached hydrogen (secondary N) is 1. The van der Waals surface area contributed by atoms with Gasteiger partial charge in [-0.05, 0) is 44.2 Å². The lowest BCUT2D eigenvalue weighted by atomic mass is 9.81. The zero-order valence-electron chi connectivity index (χ0n) is 16.9. The number of benzene rings is 1. The Kier molecular flexibility index (Phi) is 5.72. The maximum atomic E-state index is 12.6. The molecule has 1 aromatic heterocycles. The van der Waals surface area contributed by atoms with E-state index in [9.17, 15) is 4.79 Å². The number of aromatic amines is 1. The van der Waals surface area contributed by atoms with Crippen molar-refractivity contribution in [1.29, 1.82) is 0 Å². The van der Waals surface area contributed by atoms with Crippen molar-refractivity contribution < 1.29 is 0 Å². The van der Waals surface area contributed by atoms with E-state index in [0.717, 1.165) is 37.0 Å². The van der Waals surface area contributed by atoms with Crippen LogP contribution in [0.2, 0.25) is 0 Å². The van der Waals surface area contributed by atoms with Gasteiger partial charge in [0.15, 0.2) is 0 Å². The van der Waals surface area contributed by atoms with Gasteiger partial charge in [-0.15, -0.1) is 0 Å². The van der Waals surface area contributed by atoms with Gasteiger partial charge in [0.1, 0.15) is 0 Å². The van der Waals surface area contributed by atoms with Crippen molar-refractivity contribution >= 4 is 11.0 Å². The van der Waals surface area contributed by atoms with E-state index < -0.39 is 0 Å². The van der Waals surface area contributed by atoms with Crippen LogP contribution in [0, 0.1) is 0 Å². The quantitative estimate of drug-likeness (QED) is 0.803. The van der Waals surface area contributed by atoms with Crippen LogP contribution in [0.4, 0.5) is 0 Å². The normalized spacial score (nSPS) is 23.0. The first-order valence-corrected chi connectivity index (χ1v) is 11.2. The molecule has 148 valence electrons. The molecule has 1 N–H and O–H groups in total. The van der Waals surface area contributed by atoms with Crippen molar-refractivity contribution in [3.05, 3.63) is 34.7 Å². The smallest absolute Gasteiger partial charge is 0.306 e. The second-order valence-electron chi connectivity index (χ2n) is 8.73.